The van der Waals surface area contributed by atoms with Gasteiger partial charge in [-0.05, 0) is 52.4 Å². The normalized spacial score (nSPS) is 27.9. The second-order valence-corrected chi connectivity index (χ2v) is 5.89. The molecule has 0 bridgehead atoms. The van der Waals surface area contributed by atoms with Gasteiger partial charge in [0.05, 0.1) is 0 Å². The Bertz CT molecular complexity index is 203. The number of likely N-dealkylation sites (tertiary alicyclic amines) is 1. The molecule has 1 fully saturated rings. The molecule has 0 amide bonds. The molecule has 0 aromatic rings. The Morgan fingerprint density at radius 1 is 1.38 bits per heavy atom. The fourth-order valence-corrected chi connectivity index (χ4v) is 2.55. The summed E-state index contributed by atoms with van der Waals surface area (Å²) >= 11 is 0. The summed E-state index contributed by atoms with van der Waals surface area (Å²) in [6.45, 7) is 9.00. The molecule has 3 heteroatoms. The number of hydrogen-bond donors (Lipinski definition) is 1. The summed E-state index contributed by atoms with van der Waals surface area (Å²) in [5.74, 6) is 0.800. The minimum Gasteiger partial charge on any atom is -0.329 e. The summed E-state index contributed by atoms with van der Waals surface area (Å²) in [5, 5.41) is 0. The van der Waals surface area contributed by atoms with E-state index in [1.165, 1.54) is 32.4 Å². The fraction of sp³-hybridized carbons (Fsp3) is 1.00. The van der Waals surface area contributed by atoms with Gasteiger partial charge in [0.25, 0.3) is 0 Å². The Morgan fingerprint density at radius 2 is 2.06 bits per heavy atom. The topological polar surface area (TPSA) is 32.5 Å². The summed E-state index contributed by atoms with van der Waals surface area (Å²) in [6.07, 6.45) is 3.83. The van der Waals surface area contributed by atoms with Gasteiger partial charge < -0.3 is 15.5 Å². The third kappa shape index (κ3) is 3.44. The Balaban J connectivity index is 2.51. The van der Waals surface area contributed by atoms with Gasteiger partial charge >= 0.3 is 0 Å². The van der Waals surface area contributed by atoms with Gasteiger partial charge in [-0.15, -0.1) is 0 Å². The van der Waals surface area contributed by atoms with Crippen molar-refractivity contribution in [2.24, 2.45) is 11.7 Å². The molecule has 0 radical (unpaired) electrons. The first kappa shape index (κ1) is 13.9. The van der Waals surface area contributed by atoms with Crippen LogP contribution in [0, 0.1) is 5.92 Å². The molecule has 2 N–H and O–H groups in total. The van der Waals surface area contributed by atoms with Crippen molar-refractivity contribution in [3.8, 4) is 0 Å². The maximum absolute atomic E-state index is 5.99. The number of likely N-dealkylation sites (N-methyl/N-ethyl adjacent to an activating group) is 1. The van der Waals surface area contributed by atoms with Crippen LogP contribution >= 0.6 is 0 Å². The van der Waals surface area contributed by atoms with E-state index in [4.69, 9.17) is 5.73 Å². The van der Waals surface area contributed by atoms with Crippen LogP contribution < -0.4 is 5.73 Å². The van der Waals surface area contributed by atoms with Gasteiger partial charge in [-0.25, -0.2) is 0 Å². The molecule has 0 saturated carbocycles. The molecule has 1 unspecified atom stereocenters. The molecule has 1 aliphatic heterocycles. The van der Waals surface area contributed by atoms with Crippen LogP contribution in [-0.2, 0) is 0 Å². The third-order valence-corrected chi connectivity index (χ3v) is 3.99. The van der Waals surface area contributed by atoms with Crippen LogP contribution in [0.2, 0.25) is 0 Å². The second kappa shape index (κ2) is 5.99. The summed E-state index contributed by atoms with van der Waals surface area (Å²) < 4.78 is 0. The van der Waals surface area contributed by atoms with Gasteiger partial charge in [0.15, 0.2) is 0 Å². The van der Waals surface area contributed by atoms with Crippen LogP contribution in [0.25, 0.3) is 0 Å². The van der Waals surface area contributed by atoms with Crippen molar-refractivity contribution in [2.75, 3.05) is 40.3 Å². The van der Waals surface area contributed by atoms with Crippen molar-refractivity contribution in [2.45, 2.75) is 38.6 Å². The van der Waals surface area contributed by atoms with E-state index in [1.54, 1.807) is 0 Å². The highest BCUT2D eigenvalue weighted by molar-refractivity contribution is 4.95. The minimum atomic E-state index is 0.217. The summed E-state index contributed by atoms with van der Waals surface area (Å²) in [6, 6.07) is 0. The van der Waals surface area contributed by atoms with E-state index in [9.17, 15) is 0 Å². The lowest BCUT2D eigenvalue weighted by Gasteiger charge is -2.46. The van der Waals surface area contributed by atoms with Gasteiger partial charge in [-0.2, -0.15) is 0 Å². The number of rotatable bonds is 5. The first-order valence-electron chi connectivity index (χ1n) is 6.60. The molecule has 1 heterocycles. The van der Waals surface area contributed by atoms with Crippen LogP contribution in [0.4, 0.5) is 0 Å². The third-order valence-electron chi connectivity index (χ3n) is 3.99. The smallest absolute Gasteiger partial charge is 0.0453 e. The van der Waals surface area contributed by atoms with E-state index in [-0.39, 0.29) is 5.54 Å². The second-order valence-electron chi connectivity index (χ2n) is 5.89. The molecular formula is C13H29N3. The van der Waals surface area contributed by atoms with E-state index in [1.807, 2.05) is 0 Å². The Hall–Kier alpha value is -0.120. The molecule has 1 atom stereocenters. The number of nitrogens with two attached hydrogens (primary N) is 1. The minimum absolute atomic E-state index is 0.217. The zero-order valence-corrected chi connectivity index (χ0v) is 11.5. The highest BCUT2D eigenvalue weighted by Crippen LogP contribution is 2.25. The molecule has 0 aliphatic carbocycles. The summed E-state index contributed by atoms with van der Waals surface area (Å²) in [4.78, 5) is 4.92. The predicted octanol–water partition coefficient (Wildman–Crippen LogP) is 1.39. The molecule has 3 nitrogen and oxygen atoms in total. The molecule has 1 saturated heterocycles. The van der Waals surface area contributed by atoms with E-state index >= 15 is 0 Å². The fourth-order valence-electron chi connectivity index (χ4n) is 2.55. The van der Waals surface area contributed by atoms with Crippen molar-refractivity contribution >= 4 is 0 Å². The van der Waals surface area contributed by atoms with Crippen LogP contribution in [0.1, 0.15) is 33.1 Å². The number of piperidine rings is 1. The van der Waals surface area contributed by atoms with Gasteiger partial charge in [0, 0.05) is 18.6 Å². The molecule has 0 aromatic carbocycles. The molecular weight excluding hydrogens is 198 g/mol. The highest BCUT2D eigenvalue weighted by Gasteiger charge is 2.35. The average Bonchev–Trinajstić information content (AvgIpc) is 2.26. The Kier molecular flexibility index (Phi) is 5.22. The van der Waals surface area contributed by atoms with Crippen LogP contribution in [0.3, 0.4) is 0 Å². The van der Waals surface area contributed by atoms with Gasteiger partial charge in [0.1, 0.15) is 0 Å². The van der Waals surface area contributed by atoms with Crippen LogP contribution in [0.5, 0.6) is 0 Å². The first-order chi connectivity index (χ1) is 7.50. The molecule has 1 aliphatic rings. The van der Waals surface area contributed by atoms with Crippen molar-refractivity contribution in [1.82, 2.24) is 9.80 Å². The lowest BCUT2D eigenvalue weighted by atomic mass is 9.87. The average molecular weight is 227 g/mol. The number of nitrogens with zero attached hydrogens (tertiary/aromatic N) is 2. The van der Waals surface area contributed by atoms with E-state index in [2.05, 4.69) is 37.7 Å². The first-order valence-corrected chi connectivity index (χ1v) is 6.60. The van der Waals surface area contributed by atoms with Gasteiger partial charge in [0.2, 0.25) is 0 Å². The van der Waals surface area contributed by atoms with Crippen molar-refractivity contribution in [3.63, 3.8) is 0 Å². The van der Waals surface area contributed by atoms with Crippen molar-refractivity contribution in [3.05, 3.63) is 0 Å². The zero-order chi connectivity index (χ0) is 12.2. The monoisotopic (exact) mass is 227 g/mol. The maximum Gasteiger partial charge on any atom is 0.0453 e. The molecule has 96 valence electrons. The predicted molar refractivity (Wildman–Crippen MR) is 70.6 cm³/mol. The van der Waals surface area contributed by atoms with E-state index in [0.29, 0.717) is 0 Å². The lowest BCUT2D eigenvalue weighted by molar-refractivity contribution is 0.0484. The standard InChI is InChI=1S/C13H29N3/c1-12(2)6-9-16-8-5-7-13(10-14,11-16)15(3)4/h12H,5-11,14H2,1-4H3. The lowest BCUT2D eigenvalue weighted by Crippen LogP contribution is -2.60. The largest absolute Gasteiger partial charge is 0.329 e. The van der Waals surface area contributed by atoms with Gasteiger partial charge in [-0.3, -0.25) is 0 Å². The Morgan fingerprint density at radius 3 is 2.56 bits per heavy atom. The summed E-state index contributed by atoms with van der Waals surface area (Å²) in [7, 11) is 4.33. The van der Waals surface area contributed by atoms with E-state index in [0.717, 1.165) is 19.0 Å². The van der Waals surface area contributed by atoms with Crippen molar-refractivity contribution < 1.29 is 0 Å². The molecule has 0 aromatic heterocycles. The highest BCUT2D eigenvalue weighted by atomic mass is 15.2. The number of hydrogen-bond acceptors (Lipinski definition) is 3. The Labute approximate surface area is 101 Å². The maximum atomic E-state index is 5.99. The SMILES string of the molecule is CC(C)CCN1CCCC(CN)(N(C)C)C1. The van der Waals surface area contributed by atoms with E-state index < -0.39 is 0 Å². The molecule has 16 heavy (non-hydrogen) atoms. The van der Waals surface area contributed by atoms with Crippen molar-refractivity contribution in [1.29, 1.82) is 0 Å². The zero-order valence-electron chi connectivity index (χ0n) is 11.5. The summed E-state index contributed by atoms with van der Waals surface area (Å²) in [5.41, 5.74) is 6.21. The van der Waals surface area contributed by atoms with Crippen LogP contribution in [0.15, 0.2) is 0 Å². The van der Waals surface area contributed by atoms with Gasteiger partial charge in [-0.1, -0.05) is 13.8 Å². The quantitative estimate of drug-likeness (QED) is 0.770. The molecule has 0 spiro atoms. The van der Waals surface area contributed by atoms with Crippen LogP contribution in [-0.4, -0.2) is 55.6 Å². The molecule has 1 rings (SSSR count).